The van der Waals surface area contributed by atoms with Crippen LogP contribution in [0.25, 0.3) is 11.1 Å². The molecule has 2 aromatic carbocycles. The second-order valence-corrected chi connectivity index (χ2v) is 7.19. The number of aliphatic imine (C=N–C) groups is 1. The average Bonchev–Trinajstić information content (AvgIpc) is 2.46. The Morgan fingerprint density at radius 2 is 1.65 bits per heavy atom. The van der Waals surface area contributed by atoms with Crippen LogP contribution < -0.4 is 0 Å². The van der Waals surface area contributed by atoms with Gasteiger partial charge in [-0.2, -0.15) is 0 Å². The first kappa shape index (κ1) is 13.4. The molecule has 0 aliphatic carbocycles. The first-order valence-electron chi connectivity index (χ1n) is 6.94. The van der Waals surface area contributed by atoms with Crippen molar-refractivity contribution in [3.8, 4) is 11.1 Å². The van der Waals surface area contributed by atoms with Gasteiger partial charge < -0.3 is 0 Å². The molecule has 0 fully saturated rings. The van der Waals surface area contributed by atoms with Crippen LogP contribution in [0.2, 0.25) is 0 Å². The molecule has 2 heteroatoms. The highest BCUT2D eigenvalue weighted by Crippen LogP contribution is 2.36. The molecule has 0 aromatic heterocycles. The summed E-state index contributed by atoms with van der Waals surface area (Å²) in [5, 5.41) is 0. The molecule has 0 amide bonds. The minimum Gasteiger partial charge on any atom is -0.259 e. The zero-order valence-corrected chi connectivity index (χ0v) is 13.0. The fourth-order valence-corrected chi connectivity index (χ4v) is 3.15. The Labute approximate surface area is 125 Å². The second kappa shape index (κ2) is 5.10. The minimum absolute atomic E-state index is 0.207. The first-order chi connectivity index (χ1) is 9.54. The van der Waals surface area contributed by atoms with Crippen LogP contribution >= 0.6 is 11.8 Å². The molecular weight excluding hydrogens is 262 g/mol. The van der Waals surface area contributed by atoms with Crippen LogP contribution in [-0.2, 0) is 5.41 Å². The van der Waals surface area contributed by atoms with E-state index in [1.165, 1.54) is 21.6 Å². The molecule has 1 aliphatic rings. The Morgan fingerprint density at radius 3 is 2.35 bits per heavy atom. The van der Waals surface area contributed by atoms with Crippen LogP contribution in [0, 0.1) is 0 Å². The summed E-state index contributed by atoms with van der Waals surface area (Å²) < 4.78 is 0. The summed E-state index contributed by atoms with van der Waals surface area (Å²) in [6.45, 7) is 6.74. The van der Waals surface area contributed by atoms with Crippen LogP contribution in [0.4, 0.5) is 5.69 Å². The van der Waals surface area contributed by atoms with Crippen molar-refractivity contribution in [3.63, 3.8) is 0 Å². The van der Waals surface area contributed by atoms with Gasteiger partial charge in [0.25, 0.3) is 0 Å². The molecule has 0 unspecified atom stereocenters. The highest BCUT2D eigenvalue weighted by Gasteiger charge is 2.13. The van der Waals surface area contributed by atoms with Crippen LogP contribution in [0.3, 0.4) is 0 Å². The van der Waals surface area contributed by atoms with E-state index in [4.69, 9.17) is 0 Å². The third kappa shape index (κ3) is 2.66. The Balaban J connectivity index is 1.95. The van der Waals surface area contributed by atoms with E-state index >= 15 is 0 Å². The number of benzene rings is 2. The Hall–Kier alpha value is -1.54. The third-order valence-electron chi connectivity index (χ3n) is 3.59. The summed E-state index contributed by atoms with van der Waals surface area (Å²) in [4.78, 5) is 5.71. The predicted octanol–water partition coefficient (Wildman–Crippen LogP) is 5.46. The molecule has 2 aromatic rings. The Kier molecular flexibility index (Phi) is 3.43. The number of hydrogen-bond donors (Lipinski definition) is 0. The molecule has 102 valence electrons. The van der Waals surface area contributed by atoms with Crippen molar-refractivity contribution in [2.24, 2.45) is 4.99 Å². The fraction of sp³-hybridized carbons (Fsp3) is 0.278. The lowest BCUT2D eigenvalue weighted by Crippen LogP contribution is -2.10. The van der Waals surface area contributed by atoms with Gasteiger partial charge in [-0.05, 0) is 34.2 Å². The molecule has 1 nitrogen and oxygen atoms in total. The maximum atomic E-state index is 4.43. The van der Waals surface area contributed by atoms with Gasteiger partial charge in [0.05, 0.1) is 5.69 Å². The van der Waals surface area contributed by atoms with E-state index in [1.54, 1.807) is 0 Å². The monoisotopic (exact) mass is 281 g/mol. The number of thioether (sulfide) groups is 1. The predicted molar refractivity (Wildman–Crippen MR) is 89.5 cm³/mol. The summed E-state index contributed by atoms with van der Waals surface area (Å²) in [6.07, 6.45) is 1.98. The van der Waals surface area contributed by atoms with Gasteiger partial charge in [-0.1, -0.05) is 51.1 Å². The van der Waals surface area contributed by atoms with E-state index in [2.05, 4.69) is 68.2 Å². The van der Waals surface area contributed by atoms with Gasteiger partial charge >= 0.3 is 0 Å². The highest BCUT2D eigenvalue weighted by molar-refractivity contribution is 8.00. The second-order valence-electron chi connectivity index (χ2n) is 6.13. The highest BCUT2D eigenvalue weighted by atomic mass is 32.2. The number of hydrogen-bond acceptors (Lipinski definition) is 2. The molecule has 0 saturated heterocycles. The Morgan fingerprint density at radius 1 is 0.950 bits per heavy atom. The van der Waals surface area contributed by atoms with Crippen molar-refractivity contribution in [1.29, 1.82) is 0 Å². The number of rotatable bonds is 1. The molecule has 0 saturated carbocycles. The zero-order valence-electron chi connectivity index (χ0n) is 12.2. The van der Waals surface area contributed by atoms with Gasteiger partial charge in [0.1, 0.15) is 0 Å². The summed E-state index contributed by atoms with van der Waals surface area (Å²) in [5.74, 6) is 0.972. The molecule has 0 N–H and O–H groups in total. The summed E-state index contributed by atoms with van der Waals surface area (Å²) >= 11 is 1.86. The van der Waals surface area contributed by atoms with Crippen molar-refractivity contribution >= 4 is 23.7 Å². The molecule has 1 aliphatic heterocycles. The van der Waals surface area contributed by atoms with E-state index in [9.17, 15) is 0 Å². The summed E-state index contributed by atoms with van der Waals surface area (Å²) in [7, 11) is 0. The van der Waals surface area contributed by atoms with Gasteiger partial charge in [0.2, 0.25) is 0 Å². The minimum atomic E-state index is 0.207. The third-order valence-corrected chi connectivity index (χ3v) is 4.54. The van der Waals surface area contributed by atoms with Gasteiger partial charge in [-0.3, -0.25) is 4.99 Å². The maximum absolute atomic E-state index is 4.43. The standard InChI is InChI=1S/C18H19NS/c1-18(2,3)15-7-4-13(5-8-15)14-6-9-16-17(12-14)20-11-10-19-16/h4-10,12H,11H2,1-3H3. The lowest BCUT2D eigenvalue weighted by Gasteiger charge is -2.19. The number of nitrogens with zero attached hydrogens (tertiary/aromatic N) is 1. The smallest absolute Gasteiger partial charge is 0.0762 e. The lowest BCUT2D eigenvalue weighted by molar-refractivity contribution is 0.590. The molecule has 0 spiro atoms. The van der Waals surface area contributed by atoms with Crippen molar-refractivity contribution in [2.75, 3.05) is 5.75 Å². The van der Waals surface area contributed by atoms with E-state index in [0.29, 0.717) is 0 Å². The summed E-state index contributed by atoms with van der Waals surface area (Å²) in [5.41, 5.74) is 5.22. The van der Waals surface area contributed by atoms with Crippen LogP contribution in [0.15, 0.2) is 52.4 Å². The van der Waals surface area contributed by atoms with Gasteiger partial charge in [-0.15, -0.1) is 11.8 Å². The molecule has 0 bridgehead atoms. The van der Waals surface area contributed by atoms with Gasteiger partial charge in [0, 0.05) is 16.9 Å². The van der Waals surface area contributed by atoms with Crippen molar-refractivity contribution in [2.45, 2.75) is 31.1 Å². The van der Waals surface area contributed by atoms with E-state index in [1.807, 2.05) is 18.0 Å². The zero-order chi connectivity index (χ0) is 14.2. The van der Waals surface area contributed by atoms with E-state index in [-0.39, 0.29) is 5.41 Å². The van der Waals surface area contributed by atoms with E-state index in [0.717, 1.165) is 11.4 Å². The maximum Gasteiger partial charge on any atom is 0.0762 e. The summed E-state index contributed by atoms with van der Waals surface area (Å²) in [6, 6.07) is 15.4. The van der Waals surface area contributed by atoms with Gasteiger partial charge in [-0.25, -0.2) is 0 Å². The molecule has 3 rings (SSSR count). The average molecular weight is 281 g/mol. The van der Waals surface area contributed by atoms with Crippen LogP contribution in [0.1, 0.15) is 26.3 Å². The topological polar surface area (TPSA) is 12.4 Å². The lowest BCUT2D eigenvalue weighted by atomic mass is 9.86. The largest absolute Gasteiger partial charge is 0.259 e. The number of fused-ring (bicyclic) bond motifs is 1. The SMILES string of the molecule is CC(C)(C)c1ccc(-c2ccc3c(c2)SCC=N3)cc1. The molecule has 1 heterocycles. The molecule has 20 heavy (non-hydrogen) atoms. The fourth-order valence-electron chi connectivity index (χ4n) is 2.34. The van der Waals surface area contributed by atoms with E-state index < -0.39 is 0 Å². The van der Waals surface area contributed by atoms with Crippen LogP contribution in [-0.4, -0.2) is 12.0 Å². The molecule has 0 radical (unpaired) electrons. The van der Waals surface area contributed by atoms with Crippen molar-refractivity contribution in [3.05, 3.63) is 48.0 Å². The van der Waals surface area contributed by atoms with Crippen molar-refractivity contribution in [1.82, 2.24) is 0 Å². The normalized spacial score (nSPS) is 14.2. The Bertz CT molecular complexity index is 648. The van der Waals surface area contributed by atoms with Crippen LogP contribution in [0.5, 0.6) is 0 Å². The molecular formula is C18H19NS. The van der Waals surface area contributed by atoms with Gasteiger partial charge in [0.15, 0.2) is 0 Å². The first-order valence-corrected chi connectivity index (χ1v) is 7.93. The quantitative estimate of drug-likeness (QED) is 0.676. The van der Waals surface area contributed by atoms with Crippen molar-refractivity contribution < 1.29 is 0 Å². The molecule has 0 atom stereocenters.